The molecule has 0 aliphatic rings. The number of halogens is 2. The summed E-state index contributed by atoms with van der Waals surface area (Å²) in [6.45, 7) is 3.63. The molecule has 28 heavy (non-hydrogen) atoms. The quantitative estimate of drug-likeness (QED) is 0.235. The molecule has 0 atom stereocenters. The van der Waals surface area contributed by atoms with Crippen molar-refractivity contribution in [1.29, 1.82) is 0 Å². The zero-order chi connectivity index (χ0) is 20.1. The van der Waals surface area contributed by atoms with Crippen LogP contribution < -0.4 is 12.4 Å². The van der Waals surface area contributed by atoms with Gasteiger partial charge in [0.1, 0.15) is 0 Å². The van der Waals surface area contributed by atoms with Crippen molar-refractivity contribution in [3.05, 3.63) is 0 Å². The molecule has 0 saturated heterocycles. The highest BCUT2D eigenvalue weighted by molar-refractivity contribution is 5.85. The lowest BCUT2D eigenvalue weighted by Gasteiger charge is -2.23. The molecule has 0 aliphatic heterocycles. The molecule has 0 amide bonds. The molecule has 0 saturated carbocycles. The number of hydrogen-bond donors (Lipinski definition) is 0. The number of hydrogen-bond acceptors (Lipinski definition) is 1. The SMILES string of the molecule is CCCCCCCCCCCCCCCCCC[N+](C)(C)C.CN(C)C.Cl.[Cl-]. The van der Waals surface area contributed by atoms with E-state index in [1.165, 1.54) is 109 Å². The van der Waals surface area contributed by atoms with E-state index in [1.54, 1.807) is 0 Å². The topological polar surface area (TPSA) is 3.24 Å². The van der Waals surface area contributed by atoms with Gasteiger partial charge in [0.15, 0.2) is 0 Å². The molecule has 2 nitrogen and oxygen atoms in total. The van der Waals surface area contributed by atoms with Crippen LogP contribution in [0.4, 0.5) is 0 Å². The van der Waals surface area contributed by atoms with Crippen LogP contribution >= 0.6 is 12.4 Å². The smallest absolute Gasteiger partial charge is 0.0780 e. The maximum Gasteiger partial charge on any atom is 0.0780 e. The van der Waals surface area contributed by atoms with Crippen molar-refractivity contribution in [2.75, 3.05) is 48.8 Å². The molecule has 0 fully saturated rings. The average molecular weight is 444 g/mol. The molecule has 0 heterocycles. The second-order valence-electron chi connectivity index (χ2n) is 9.66. The molecule has 0 aliphatic carbocycles. The summed E-state index contributed by atoms with van der Waals surface area (Å²) in [5, 5.41) is 0. The van der Waals surface area contributed by atoms with Crippen LogP contribution in [0, 0.1) is 0 Å². The molecule has 0 aromatic heterocycles. The molecule has 0 aromatic carbocycles. The lowest BCUT2D eigenvalue weighted by molar-refractivity contribution is -0.870. The van der Waals surface area contributed by atoms with Crippen molar-refractivity contribution >= 4 is 12.4 Å². The summed E-state index contributed by atoms with van der Waals surface area (Å²) < 4.78 is 1.12. The van der Waals surface area contributed by atoms with Crippen molar-refractivity contribution in [3.8, 4) is 0 Å². The van der Waals surface area contributed by atoms with Gasteiger partial charge in [-0.2, -0.15) is 0 Å². The Morgan fingerprint density at radius 2 is 0.714 bits per heavy atom. The maximum atomic E-state index is 2.30. The Morgan fingerprint density at radius 1 is 0.500 bits per heavy atom. The largest absolute Gasteiger partial charge is 1.00 e. The van der Waals surface area contributed by atoms with E-state index >= 15 is 0 Å². The molecule has 0 aromatic rings. The van der Waals surface area contributed by atoms with E-state index in [0.29, 0.717) is 0 Å². The van der Waals surface area contributed by atoms with Gasteiger partial charge in [0.05, 0.1) is 27.7 Å². The minimum Gasteiger partial charge on any atom is -1.00 e. The molecule has 0 N–H and O–H groups in total. The fourth-order valence-electron chi connectivity index (χ4n) is 3.13. The van der Waals surface area contributed by atoms with Gasteiger partial charge in [-0.3, -0.25) is 0 Å². The molecule has 0 radical (unpaired) electrons. The third kappa shape index (κ3) is 45.3. The van der Waals surface area contributed by atoms with Crippen LogP contribution in [0.15, 0.2) is 0 Å². The zero-order valence-corrected chi connectivity index (χ0v) is 22.3. The van der Waals surface area contributed by atoms with E-state index < -0.39 is 0 Å². The van der Waals surface area contributed by atoms with Gasteiger partial charge in [-0.05, 0) is 34.0 Å². The van der Waals surface area contributed by atoms with Crippen molar-refractivity contribution in [3.63, 3.8) is 0 Å². The van der Waals surface area contributed by atoms with Crippen LogP contribution in [0.25, 0.3) is 0 Å². The zero-order valence-electron chi connectivity index (χ0n) is 20.7. The number of rotatable bonds is 17. The van der Waals surface area contributed by atoms with Gasteiger partial charge < -0.3 is 21.8 Å². The second-order valence-corrected chi connectivity index (χ2v) is 9.66. The second kappa shape index (κ2) is 27.5. The summed E-state index contributed by atoms with van der Waals surface area (Å²) in [4.78, 5) is 2.00. The summed E-state index contributed by atoms with van der Waals surface area (Å²) in [6, 6.07) is 0. The molecule has 0 unspecified atom stereocenters. The fourth-order valence-corrected chi connectivity index (χ4v) is 3.13. The normalized spacial score (nSPS) is 10.7. The summed E-state index contributed by atoms with van der Waals surface area (Å²) in [7, 11) is 12.9. The van der Waals surface area contributed by atoms with Gasteiger partial charge in [-0.15, -0.1) is 12.4 Å². The minimum atomic E-state index is 0. The first-order valence-corrected chi connectivity index (χ1v) is 11.7. The van der Waals surface area contributed by atoms with E-state index in [4.69, 9.17) is 0 Å². The van der Waals surface area contributed by atoms with Gasteiger partial charge in [-0.25, -0.2) is 0 Å². The predicted molar refractivity (Wildman–Crippen MR) is 129 cm³/mol. The highest BCUT2D eigenvalue weighted by Gasteiger charge is 2.04. The van der Waals surface area contributed by atoms with Crippen LogP contribution in [0.1, 0.15) is 110 Å². The van der Waals surface area contributed by atoms with Crippen LogP contribution in [-0.2, 0) is 0 Å². The standard InChI is InChI=1S/C21H46N.C3H9N.2ClH/c1-5-6-7-8-9-10-11-12-13-14-15-16-17-18-19-20-21-22(2,3)4;1-4(2)3;;/h5-21H2,1-4H3;1-3H3;2*1H/q+1;;;/p-1. The lowest BCUT2D eigenvalue weighted by Crippen LogP contribution is -3.00. The summed E-state index contributed by atoms with van der Waals surface area (Å²) >= 11 is 0. The average Bonchev–Trinajstić information content (AvgIpc) is 2.53. The van der Waals surface area contributed by atoms with Crippen LogP contribution in [0.5, 0.6) is 0 Å². The molecule has 4 heteroatoms. The summed E-state index contributed by atoms with van der Waals surface area (Å²) in [5.74, 6) is 0. The Balaban J connectivity index is -0.000000435. The third-order valence-corrected chi connectivity index (χ3v) is 4.68. The number of quaternary nitrogens is 1. The Kier molecular flexibility index (Phi) is 35.3. The van der Waals surface area contributed by atoms with Crippen molar-refractivity contribution in [2.24, 2.45) is 0 Å². The first-order chi connectivity index (χ1) is 12.3. The monoisotopic (exact) mass is 442 g/mol. The summed E-state index contributed by atoms with van der Waals surface area (Å²) in [6.07, 6.45) is 23.4. The highest BCUT2D eigenvalue weighted by Crippen LogP contribution is 2.13. The van der Waals surface area contributed by atoms with Crippen LogP contribution in [0.3, 0.4) is 0 Å². The minimum absolute atomic E-state index is 0. The van der Waals surface area contributed by atoms with Crippen LogP contribution in [-0.4, -0.2) is 58.2 Å². The number of nitrogens with zero attached hydrogens (tertiary/aromatic N) is 2. The Bertz CT molecular complexity index is 251. The highest BCUT2D eigenvalue weighted by atomic mass is 35.5. The first kappa shape index (κ1) is 35.9. The van der Waals surface area contributed by atoms with Gasteiger partial charge in [0, 0.05) is 0 Å². The predicted octanol–water partition coefficient (Wildman–Crippen LogP) is 4.56. The third-order valence-electron chi connectivity index (χ3n) is 4.68. The van der Waals surface area contributed by atoms with Gasteiger partial charge >= 0.3 is 0 Å². The Hall–Kier alpha value is 0.500. The molecule has 0 bridgehead atoms. The Morgan fingerprint density at radius 3 is 0.929 bits per heavy atom. The molecular formula is C24H56Cl2N2. The number of unbranched alkanes of at least 4 members (excludes halogenated alkanes) is 15. The van der Waals surface area contributed by atoms with E-state index in [0.717, 1.165) is 4.48 Å². The lowest BCUT2D eigenvalue weighted by atomic mass is 10.0. The van der Waals surface area contributed by atoms with Crippen LogP contribution in [0.2, 0.25) is 0 Å². The van der Waals surface area contributed by atoms with E-state index in [-0.39, 0.29) is 24.8 Å². The van der Waals surface area contributed by atoms with Crippen molar-refractivity contribution in [1.82, 2.24) is 4.90 Å². The van der Waals surface area contributed by atoms with E-state index in [2.05, 4.69) is 28.1 Å². The maximum absolute atomic E-state index is 2.30. The fraction of sp³-hybridized carbons (Fsp3) is 1.00. The van der Waals surface area contributed by atoms with E-state index in [9.17, 15) is 0 Å². The van der Waals surface area contributed by atoms with Gasteiger partial charge in [0.2, 0.25) is 0 Å². The van der Waals surface area contributed by atoms with Crippen molar-refractivity contribution in [2.45, 2.75) is 110 Å². The van der Waals surface area contributed by atoms with Gasteiger partial charge in [0.25, 0.3) is 0 Å². The van der Waals surface area contributed by atoms with Crippen molar-refractivity contribution < 1.29 is 16.9 Å². The molecule has 0 spiro atoms. The summed E-state index contributed by atoms with van der Waals surface area (Å²) in [5.41, 5.74) is 0. The molecular weight excluding hydrogens is 387 g/mol. The molecule has 0 rings (SSSR count). The molecule has 176 valence electrons. The van der Waals surface area contributed by atoms with Gasteiger partial charge in [-0.1, -0.05) is 96.8 Å². The first-order valence-electron chi connectivity index (χ1n) is 11.7. The Labute approximate surface area is 192 Å². The van der Waals surface area contributed by atoms with E-state index in [1.807, 2.05) is 26.0 Å².